The molecule has 3 aromatic rings. The number of thioether (sulfide) groups is 1. The lowest BCUT2D eigenvalue weighted by molar-refractivity contribution is -0.135. The second-order valence-corrected chi connectivity index (χ2v) is 9.21. The summed E-state index contributed by atoms with van der Waals surface area (Å²) in [5, 5.41) is 0.373. The fraction of sp³-hybridized carbons (Fsp3) is 0.269. The molecule has 0 radical (unpaired) electrons. The maximum Gasteiger partial charge on any atom is 0.246 e. The van der Waals surface area contributed by atoms with Gasteiger partial charge in [-0.1, -0.05) is 91.0 Å². The number of amides is 1. The van der Waals surface area contributed by atoms with Gasteiger partial charge in [0, 0.05) is 11.2 Å². The molecule has 3 nitrogen and oxygen atoms in total. The number of hydrogen-bond donors (Lipinski definition) is 1. The van der Waals surface area contributed by atoms with Crippen LogP contribution in [0.1, 0.15) is 36.0 Å². The summed E-state index contributed by atoms with van der Waals surface area (Å²) >= 11 is 1.98. The lowest BCUT2D eigenvalue weighted by Crippen LogP contribution is -2.30. The highest BCUT2D eigenvalue weighted by Gasteiger charge is 2.42. The third kappa shape index (κ3) is 4.16. The van der Waals surface area contributed by atoms with Gasteiger partial charge in [0.1, 0.15) is 0 Å². The predicted molar refractivity (Wildman–Crippen MR) is 123 cm³/mol. The molecule has 1 N–H and O–H groups in total. The van der Waals surface area contributed by atoms with Gasteiger partial charge in [-0.15, -0.1) is 11.8 Å². The van der Waals surface area contributed by atoms with Crippen molar-refractivity contribution in [1.29, 1.82) is 0 Å². The third-order valence-corrected chi connectivity index (χ3v) is 7.66. The Labute approximate surface area is 182 Å². The first-order valence-corrected chi connectivity index (χ1v) is 11.3. The Bertz CT molecular complexity index is 850. The molecular formula is C26H27NO2S. The number of rotatable bonds is 7. The summed E-state index contributed by atoms with van der Waals surface area (Å²) < 4.78 is -0.332. The van der Waals surface area contributed by atoms with Gasteiger partial charge in [0.05, 0.1) is 11.9 Å². The first kappa shape index (κ1) is 20.7. The van der Waals surface area contributed by atoms with Crippen LogP contribution in [0.5, 0.6) is 0 Å². The Morgan fingerprint density at radius 1 is 0.833 bits per heavy atom. The second-order valence-electron chi connectivity index (χ2n) is 7.70. The van der Waals surface area contributed by atoms with Crippen molar-refractivity contribution in [1.82, 2.24) is 5.48 Å². The molecule has 30 heavy (non-hydrogen) atoms. The minimum absolute atomic E-state index is 0.00229. The quantitative estimate of drug-likeness (QED) is 0.404. The molecule has 1 aliphatic rings. The van der Waals surface area contributed by atoms with E-state index in [4.69, 9.17) is 4.84 Å². The van der Waals surface area contributed by atoms with Crippen LogP contribution in [0, 0.1) is 5.92 Å². The summed E-state index contributed by atoms with van der Waals surface area (Å²) in [6.45, 7) is 0. The summed E-state index contributed by atoms with van der Waals surface area (Å²) in [5.41, 5.74) is 6.30. The molecule has 0 spiro atoms. The topological polar surface area (TPSA) is 38.3 Å². The summed E-state index contributed by atoms with van der Waals surface area (Å²) in [5.74, 6) is -0.00666. The lowest BCUT2D eigenvalue weighted by Gasteiger charge is -2.37. The average Bonchev–Trinajstić information content (AvgIpc) is 3.28. The highest BCUT2D eigenvalue weighted by atomic mass is 32.2. The van der Waals surface area contributed by atoms with Gasteiger partial charge in [0.2, 0.25) is 5.91 Å². The minimum atomic E-state index is -0.332. The molecule has 0 unspecified atom stereocenters. The van der Waals surface area contributed by atoms with E-state index in [0.29, 0.717) is 5.25 Å². The van der Waals surface area contributed by atoms with Crippen LogP contribution < -0.4 is 5.48 Å². The molecule has 0 saturated heterocycles. The predicted octanol–water partition coefficient (Wildman–Crippen LogP) is 5.56. The Morgan fingerprint density at radius 2 is 1.30 bits per heavy atom. The lowest BCUT2D eigenvalue weighted by atomic mass is 9.84. The van der Waals surface area contributed by atoms with E-state index in [1.807, 2.05) is 11.8 Å². The molecule has 2 atom stereocenters. The fourth-order valence-electron chi connectivity index (χ4n) is 4.44. The maximum atomic E-state index is 12.3. The van der Waals surface area contributed by atoms with Crippen molar-refractivity contribution in [2.75, 3.05) is 7.11 Å². The van der Waals surface area contributed by atoms with Crippen LogP contribution in [0.3, 0.4) is 0 Å². The highest BCUT2D eigenvalue weighted by Crippen LogP contribution is 2.53. The van der Waals surface area contributed by atoms with Crippen LogP contribution in [-0.4, -0.2) is 18.3 Å². The monoisotopic (exact) mass is 417 g/mol. The standard InChI is InChI=1S/C26H27NO2S/c1-29-27-25(28)20-17-18-24(19-20)30-26(21-11-5-2-6-12-21,22-13-7-3-8-14-22)23-15-9-4-10-16-23/h2-16,20,24H,17-19H2,1H3,(H,27,28)/t20-,24+/m1/s1. The van der Waals surface area contributed by atoms with Crippen LogP contribution in [0.2, 0.25) is 0 Å². The zero-order valence-electron chi connectivity index (χ0n) is 17.2. The number of nitrogens with one attached hydrogen (secondary N) is 1. The summed E-state index contributed by atoms with van der Waals surface area (Å²) in [7, 11) is 1.49. The van der Waals surface area contributed by atoms with Crippen molar-refractivity contribution < 1.29 is 9.63 Å². The van der Waals surface area contributed by atoms with E-state index in [1.165, 1.54) is 23.8 Å². The number of hydroxylamine groups is 1. The molecule has 0 aliphatic heterocycles. The van der Waals surface area contributed by atoms with Crippen molar-refractivity contribution >= 4 is 17.7 Å². The van der Waals surface area contributed by atoms with Gasteiger partial charge in [-0.2, -0.15) is 0 Å². The molecule has 1 saturated carbocycles. The zero-order valence-corrected chi connectivity index (χ0v) is 18.0. The molecular weight excluding hydrogens is 390 g/mol. The van der Waals surface area contributed by atoms with Crippen LogP contribution in [-0.2, 0) is 14.4 Å². The van der Waals surface area contributed by atoms with E-state index >= 15 is 0 Å². The zero-order chi connectivity index (χ0) is 20.8. The maximum absolute atomic E-state index is 12.3. The molecule has 0 heterocycles. The molecule has 1 amide bonds. The average molecular weight is 418 g/mol. The second kappa shape index (κ2) is 9.50. The van der Waals surface area contributed by atoms with E-state index in [2.05, 4.69) is 96.5 Å². The van der Waals surface area contributed by atoms with E-state index in [-0.39, 0.29) is 16.6 Å². The summed E-state index contributed by atoms with van der Waals surface area (Å²) in [4.78, 5) is 17.2. The Hall–Kier alpha value is -2.56. The SMILES string of the molecule is CONC(=O)[C@@H]1CC[C@H](SC(c2ccccc2)(c2ccccc2)c2ccccc2)C1. The van der Waals surface area contributed by atoms with Crippen molar-refractivity contribution in [3.8, 4) is 0 Å². The Morgan fingerprint density at radius 3 is 1.73 bits per heavy atom. The van der Waals surface area contributed by atoms with Crippen LogP contribution in [0.4, 0.5) is 0 Å². The van der Waals surface area contributed by atoms with Crippen LogP contribution >= 0.6 is 11.8 Å². The van der Waals surface area contributed by atoms with Crippen molar-refractivity contribution in [3.63, 3.8) is 0 Å². The molecule has 4 heteroatoms. The molecule has 0 bridgehead atoms. The van der Waals surface area contributed by atoms with Gasteiger partial charge >= 0.3 is 0 Å². The van der Waals surface area contributed by atoms with Gasteiger partial charge < -0.3 is 0 Å². The molecule has 4 rings (SSSR count). The van der Waals surface area contributed by atoms with E-state index in [9.17, 15) is 4.79 Å². The van der Waals surface area contributed by atoms with Gasteiger partial charge in [0.25, 0.3) is 0 Å². The Balaban J connectivity index is 1.77. The number of benzene rings is 3. The van der Waals surface area contributed by atoms with E-state index in [0.717, 1.165) is 19.3 Å². The van der Waals surface area contributed by atoms with Gasteiger partial charge in [-0.3, -0.25) is 9.63 Å². The molecule has 3 aromatic carbocycles. The van der Waals surface area contributed by atoms with Crippen molar-refractivity contribution in [2.24, 2.45) is 5.92 Å². The largest absolute Gasteiger partial charge is 0.277 e. The number of carbonyl (C=O) groups excluding carboxylic acids is 1. The first-order valence-electron chi connectivity index (χ1n) is 10.4. The van der Waals surface area contributed by atoms with Gasteiger partial charge in [-0.25, -0.2) is 5.48 Å². The summed E-state index contributed by atoms with van der Waals surface area (Å²) in [6.07, 6.45) is 2.76. The third-order valence-electron chi connectivity index (χ3n) is 5.84. The van der Waals surface area contributed by atoms with Crippen LogP contribution in [0.25, 0.3) is 0 Å². The molecule has 0 aromatic heterocycles. The fourth-order valence-corrected chi connectivity index (χ4v) is 6.34. The number of hydrogen-bond acceptors (Lipinski definition) is 3. The van der Waals surface area contributed by atoms with E-state index < -0.39 is 0 Å². The number of carbonyl (C=O) groups is 1. The van der Waals surface area contributed by atoms with E-state index in [1.54, 1.807) is 0 Å². The highest BCUT2D eigenvalue weighted by molar-refractivity contribution is 8.01. The van der Waals surface area contributed by atoms with Gasteiger partial charge in [0.15, 0.2) is 0 Å². The minimum Gasteiger partial charge on any atom is -0.277 e. The summed E-state index contributed by atoms with van der Waals surface area (Å²) in [6, 6.07) is 32.2. The smallest absolute Gasteiger partial charge is 0.246 e. The van der Waals surface area contributed by atoms with Crippen molar-refractivity contribution in [2.45, 2.75) is 29.3 Å². The van der Waals surface area contributed by atoms with Crippen molar-refractivity contribution in [3.05, 3.63) is 108 Å². The molecule has 154 valence electrons. The first-order chi connectivity index (χ1) is 14.7. The van der Waals surface area contributed by atoms with Crippen LogP contribution in [0.15, 0.2) is 91.0 Å². The Kier molecular flexibility index (Phi) is 6.56. The van der Waals surface area contributed by atoms with Gasteiger partial charge in [-0.05, 0) is 36.0 Å². The molecule has 1 aliphatic carbocycles. The normalized spacial score (nSPS) is 18.8. The molecule has 1 fully saturated rings.